The van der Waals surface area contributed by atoms with Crippen molar-refractivity contribution < 1.29 is 5.11 Å². The third-order valence-electron chi connectivity index (χ3n) is 5.67. The predicted octanol–water partition coefficient (Wildman–Crippen LogP) is 4.72. The van der Waals surface area contributed by atoms with Crippen molar-refractivity contribution in [3.05, 3.63) is 29.6 Å². The van der Waals surface area contributed by atoms with Crippen LogP contribution in [0.5, 0.6) is 5.75 Å². The quantitative estimate of drug-likeness (QED) is 0.345. The van der Waals surface area contributed by atoms with E-state index in [2.05, 4.69) is 44.8 Å². The maximum Gasteiger partial charge on any atom is 0.191 e. The molecule has 1 aromatic heterocycles. The van der Waals surface area contributed by atoms with Crippen LogP contribution in [0.25, 0.3) is 0 Å². The molecule has 1 aliphatic carbocycles. The van der Waals surface area contributed by atoms with Gasteiger partial charge in [-0.15, -0.1) is 10.2 Å². The average molecular weight is 416 g/mol. The van der Waals surface area contributed by atoms with E-state index in [0.717, 1.165) is 48.2 Å². The smallest absolute Gasteiger partial charge is 0.191 e. The molecule has 3 rings (SSSR count). The van der Waals surface area contributed by atoms with Crippen LogP contribution < -0.4 is 4.90 Å². The third-order valence-corrected chi connectivity index (χ3v) is 6.31. The van der Waals surface area contributed by atoms with Crippen molar-refractivity contribution in [3.63, 3.8) is 0 Å². The Morgan fingerprint density at radius 3 is 2.66 bits per heavy atom. The first-order valence-corrected chi connectivity index (χ1v) is 12.0. The Bertz CT molecular complexity index is 810. The van der Waals surface area contributed by atoms with E-state index in [-0.39, 0.29) is 5.75 Å². The molecule has 0 bridgehead atoms. The fourth-order valence-corrected chi connectivity index (χ4v) is 4.64. The Kier molecular flexibility index (Phi) is 7.98. The number of benzene rings is 1. The van der Waals surface area contributed by atoms with E-state index >= 15 is 0 Å². The van der Waals surface area contributed by atoms with Gasteiger partial charge in [0, 0.05) is 55.6 Å². The van der Waals surface area contributed by atoms with Crippen molar-refractivity contribution in [2.75, 3.05) is 30.8 Å². The van der Waals surface area contributed by atoms with Gasteiger partial charge in [-0.2, -0.15) is 0 Å². The molecule has 0 atom stereocenters. The summed E-state index contributed by atoms with van der Waals surface area (Å²) in [4.78, 5) is 6.74. The van der Waals surface area contributed by atoms with Gasteiger partial charge in [0.15, 0.2) is 5.16 Å². The maximum absolute atomic E-state index is 10.3. The standard InChI is InChI=1S/C22H33N5OS/c1-4-26(5-2)19-13-12-17(20(28)15-19)16-23-14-8-11-21-24-25-22(29-3)27(21)18-9-6-7-10-18/h12-13,15-16,18,28H,4-11,14H2,1-3H3. The summed E-state index contributed by atoms with van der Waals surface area (Å²) in [6.07, 6.45) is 10.7. The van der Waals surface area contributed by atoms with Crippen molar-refractivity contribution in [3.8, 4) is 5.75 Å². The summed E-state index contributed by atoms with van der Waals surface area (Å²) in [6, 6.07) is 6.37. The molecule has 1 aliphatic rings. The van der Waals surface area contributed by atoms with Crippen LogP contribution in [0.15, 0.2) is 28.3 Å². The molecule has 1 aromatic carbocycles. The summed E-state index contributed by atoms with van der Waals surface area (Å²) in [6.45, 7) is 6.79. The Hall–Kier alpha value is -2.02. The van der Waals surface area contributed by atoms with E-state index in [1.54, 1.807) is 18.0 Å². The predicted molar refractivity (Wildman–Crippen MR) is 122 cm³/mol. The minimum Gasteiger partial charge on any atom is -0.507 e. The largest absolute Gasteiger partial charge is 0.507 e. The van der Waals surface area contributed by atoms with Crippen LogP contribution in [-0.2, 0) is 6.42 Å². The van der Waals surface area contributed by atoms with E-state index in [4.69, 9.17) is 0 Å². The fourth-order valence-electron chi connectivity index (χ4n) is 4.06. The lowest BCUT2D eigenvalue weighted by molar-refractivity contribution is 0.461. The molecule has 1 fully saturated rings. The molecule has 2 aromatic rings. The van der Waals surface area contributed by atoms with Crippen molar-refractivity contribution >= 4 is 23.7 Å². The Morgan fingerprint density at radius 2 is 2.00 bits per heavy atom. The molecular formula is C22H33N5OS. The van der Waals surface area contributed by atoms with Crippen molar-refractivity contribution in [2.45, 2.75) is 63.6 Å². The Morgan fingerprint density at radius 1 is 1.24 bits per heavy atom. The number of hydrogen-bond acceptors (Lipinski definition) is 6. The molecule has 0 spiro atoms. The summed E-state index contributed by atoms with van der Waals surface area (Å²) < 4.78 is 2.36. The number of aryl methyl sites for hydroxylation is 1. The Balaban J connectivity index is 1.56. The number of rotatable bonds is 10. The zero-order valence-electron chi connectivity index (χ0n) is 17.8. The van der Waals surface area contributed by atoms with E-state index in [0.29, 0.717) is 12.6 Å². The SMILES string of the molecule is CCN(CC)c1ccc(C=NCCCc2nnc(SC)n2C2CCCC2)c(O)c1. The van der Waals surface area contributed by atoms with Gasteiger partial charge >= 0.3 is 0 Å². The van der Waals surface area contributed by atoms with E-state index in [9.17, 15) is 5.11 Å². The van der Waals surface area contributed by atoms with Gasteiger partial charge in [0.1, 0.15) is 11.6 Å². The number of thioether (sulfide) groups is 1. The highest BCUT2D eigenvalue weighted by molar-refractivity contribution is 7.98. The lowest BCUT2D eigenvalue weighted by Gasteiger charge is -2.21. The van der Waals surface area contributed by atoms with Gasteiger partial charge < -0.3 is 14.6 Å². The van der Waals surface area contributed by atoms with Crippen LogP contribution >= 0.6 is 11.8 Å². The molecule has 1 saturated carbocycles. The number of nitrogens with zero attached hydrogens (tertiary/aromatic N) is 5. The molecule has 1 N–H and O–H groups in total. The van der Waals surface area contributed by atoms with Gasteiger partial charge in [-0.1, -0.05) is 24.6 Å². The number of aliphatic imine (C=N–C) groups is 1. The monoisotopic (exact) mass is 415 g/mol. The first-order valence-electron chi connectivity index (χ1n) is 10.7. The topological polar surface area (TPSA) is 66.5 Å². The number of phenols is 1. The van der Waals surface area contributed by atoms with Crippen LogP contribution in [0.3, 0.4) is 0 Å². The summed E-state index contributed by atoms with van der Waals surface area (Å²) in [5.74, 6) is 1.37. The van der Waals surface area contributed by atoms with E-state index in [1.807, 2.05) is 18.2 Å². The highest BCUT2D eigenvalue weighted by atomic mass is 32.2. The van der Waals surface area contributed by atoms with Crippen LogP contribution in [0.2, 0.25) is 0 Å². The summed E-state index contributed by atoms with van der Waals surface area (Å²) in [5, 5.41) is 20.2. The number of aromatic nitrogens is 3. The molecule has 6 nitrogen and oxygen atoms in total. The van der Waals surface area contributed by atoms with Crippen LogP contribution in [0.1, 0.15) is 63.4 Å². The number of anilines is 1. The number of phenolic OH excluding ortho intramolecular Hbond substituents is 1. The van der Waals surface area contributed by atoms with Crippen molar-refractivity contribution in [2.24, 2.45) is 4.99 Å². The second-order valence-electron chi connectivity index (χ2n) is 7.47. The number of aromatic hydroxyl groups is 1. The normalized spacial score (nSPS) is 14.9. The van der Waals surface area contributed by atoms with E-state index in [1.165, 1.54) is 25.7 Å². The molecule has 0 saturated heterocycles. The third kappa shape index (κ3) is 5.32. The maximum atomic E-state index is 10.3. The van der Waals surface area contributed by atoms with Gasteiger partial charge in [0.05, 0.1) is 0 Å². The van der Waals surface area contributed by atoms with Gasteiger partial charge in [0.25, 0.3) is 0 Å². The molecule has 1 heterocycles. The van der Waals surface area contributed by atoms with Crippen LogP contribution in [0.4, 0.5) is 5.69 Å². The highest BCUT2D eigenvalue weighted by Gasteiger charge is 2.23. The van der Waals surface area contributed by atoms with Gasteiger partial charge in [-0.05, 0) is 51.5 Å². The van der Waals surface area contributed by atoms with Crippen molar-refractivity contribution in [1.82, 2.24) is 14.8 Å². The molecule has 158 valence electrons. The van der Waals surface area contributed by atoms with Gasteiger partial charge in [-0.25, -0.2) is 0 Å². The molecule has 0 amide bonds. The molecule has 0 unspecified atom stereocenters. The molecular weight excluding hydrogens is 382 g/mol. The van der Waals surface area contributed by atoms with Crippen LogP contribution in [0, 0.1) is 0 Å². The van der Waals surface area contributed by atoms with Crippen molar-refractivity contribution in [1.29, 1.82) is 0 Å². The van der Waals surface area contributed by atoms with Gasteiger partial charge in [-0.3, -0.25) is 4.99 Å². The zero-order valence-corrected chi connectivity index (χ0v) is 18.7. The molecule has 7 heteroatoms. The fraction of sp³-hybridized carbons (Fsp3) is 0.591. The lowest BCUT2D eigenvalue weighted by Crippen LogP contribution is -2.21. The minimum atomic E-state index is 0.281. The molecule has 29 heavy (non-hydrogen) atoms. The number of hydrogen-bond donors (Lipinski definition) is 1. The lowest BCUT2D eigenvalue weighted by atomic mass is 10.2. The van der Waals surface area contributed by atoms with Gasteiger partial charge in [0.2, 0.25) is 0 Å². The summed E-state index contributed by atoms with van der Waals surface area (Å²) in [7, 11) is 0. The zero-order chi connectivity index (χ0) is 20.6. The molecule has 0 radical (unpaired) electrons. The summed E-state index contributed by atoms with van der Waals surface area (Å²) >= 11 is 1.68. The molecule has 0 aliphatic heterocycles. The average Bonchev–Trinajstić information content (AvgIpc) is 3.39. The first kappa shape index (κ1) is 21.7. The second-order valence-corrected chi connectivity index (χ2v) is 8.24. The van der Waals surface area contributed by atoms with E-state index < -0.39 is 0 Å². The van der Waals surface area contributed by atoms with Crippen LogP contribution in [-0.4, -0.2) is 52.0 Å². The minimum absolute atomic E-state index is 0.281. The second kappa shape index (κ2) is 10.7. The Labute approximate surface area is 178 Å². The first-order chi connectivity index (χ1) is 14.2. The summed E-state index contributed by atoms with van der Waals surface area (Å²) in [5.41, 5.74) is 1.81. The highest BCUT2D eigenvalue weighted by Crippen LogP contribution is 2.33.